The van der Waals surface area contributed by atoms with E-state index in [9.17, 15) is 0 Å². The van der Waals surface area contributed by atoms with Crippen LogP contribution in [0.1, 0.15) is 41.8 Å². The van der Waals surface area contributed by atoms with Crippen molar-refractivity contribution in [2.24, 2.45) is 0 Å². The lowest BCUT2D eigenvalue weighted by molar-refractivity contribution is 0.282. The van der Waals surface area contributed by atoms with Gasteiger partial charge in [0, 0.05) is 17.5 Å². The van der Waals surface area contributed by atoms with Crippen LogP contribution in [0.2, 0.25) is 0 Å². The van der Waals surface area contributed by atoms with Gasteiger partial charge in [-0.15, -0.1) is 11.3 Å². The minimum Gasteiger partial charge on any atom is -0.392 e. The Kier molecular flexibility index (Phi) is 5.58. The normalized spacial score (nSPS) is 12.5. The van der Waals surface area contributed by atoms with Crippen LogP contribution >= 0.6 is 11.3 Å². The third-order valence-electron chi connectivity index (χ3n) is 3.22. The molecule has 2 aromatic rings. The average Bonchev–Trinajstić information content (AvgIpc) is 2.98. The van der Waals surface area contributed by atoms with Gasteiger partial charge < -0.3 is 10.4 Å². The van der Waals surface area contributed by atoms with E-state index in [1.165, 1.54) is 16.9 Å². The molecule has 0 aliphatic rings. The summed E-state index contributed by atoms with van der Waals surface area (Å²) in [6.45, 7) is 3.20. The van der Waals surface area contributed by atoms with E-state index in [-0.39, 0.29) is 6.61 Å². The molecule has 2 rings (SSSR count). The second-order valence-electron chi connectivity index (χ2n) is 4.71. The number of rotatable bonds is 7. The van der Waals surface area contributed by atoms with Crippen molar-refractivity contribution in [2.45, 2.75) is 39.0 Å². The first kappa shape index (κ1) is 14.3. The lowest BCUT2D eigenvalue weighted by atomic mass is 10.1. The zero-order valence-electron chi connectivity index (χ0n) is 11.3. The molecule has 0 radical (unpaired) electrons. The molecule has 2 N–H and O–H groups in total. The molecule has 0 saturated heterocycles. The molecule has 1 aromatic carbocycles. The van der Waals surface area contributed by atoms with Gasteiger partial charge in [0.25, 0.3) is 0 Å². The molecule has 102 valence electrons. The zero-order chi connectivity index (χ0) is 13.5. The molecule has 0 saturated carbocycles. The molecule has 0 aliphatic heterocycles. The highest BCUT2D eigenvalue weighted by molar-refractivity contribution is 7.10. The molecule has 0 aliphatic carbocycles. The van der Waals surface area contributed by atoms with Crippen LogP contribution in [0.15, 0.2) is 41.8 Å². The first-order valence-electron chi connectivity index (χ1n) is 6.79. The number of hydrogen-bond donors (Lipinski definition) is 2. The van der Waals surface area contributed by atoms with Crippen molar-refractivity contribution < 1.29 is 5.11 Å². The Morgan fingerprint density at radius 1 is 1.16 bits per heavy atom. The molecule has 1 unspecified atom stereocenters. The Hall–Kier alpha value is -1.16. The van der Waals surface area contributed by atoms with Gasteiger partial charge in [0.05, 0.1) is 6.61 Å². The van der Waals surface area contributed by atoms with Crippen molar-refractivity contribution in [3.63, 3.8) is 0 Å². The van der Waals surface area contributed by atoms with Crippen molar-refractivity contribution in [3.8, 4) is 0 Å². The van der Waals surface area contributed by atoms with Crippen molar-refractivity contribution in [1.29, 1.82) is 0 Å². The average molecular weight is 275 g/mol. The van der Waals surface area contributed by atoms with Gasteiger partial charge in [0.1, 0.15) is 0 Å². The SMILES string of the molecule is CCCC(NCc1ccc(CO)cc1)c1cccs1. The molecule has 1 heterocycles. The van der Waals surface area contributed by atoms with Gasteiger partial charge in [-0.05, 0) is 29.0 Å². The van der Waals surface area contributed by atoms with Gasteiger partial charge in [-0.1, -0.05) is 43.7 Å². The summed E-state index contributed by atoms with van der Waals surface area (Å²) < 4.78 is 0. The summed E-state index contributed by atoms with van der Waals surface area (Å²) in [5.74, 6) is 0. The maximum atomic E-state index is 9.03. The van der Waals surface area contributed by atoms with Crippen LogP contribution in [-0.2, 0) is 13.2 Å². The second-order valence-corrected chi connectivity index (χ2v) is 5.69. The summed E-state index contributed by atoms with van der Waals surface area (Å²) in [6, 6.07) is 12.9. The number of thiophene rings is 1. The highest BCUT2D eigenvalue weighted by Gasteiger charge is 2.10. The van der Waals surface area contributed by atoms with Gasteiger partial charge >= 0.3 is 0 Å². The van der Waals surface area contributed by atoms with Crippen LogP contribution < -0.4 is 5.32 Å². The number of aliphatic hydroxyl groups excluding tert-OH is 1. The maximum absolute atomic E-state index is 9.03. The van der Waals surface area contributed by atoms with Gasteiger partial charge in [0.15, 0.2) is 0 Å². The van der Waals surface area contributed by atoms with E-state index in [4.69, 9.17) is 5.11 Å². The second kappa shape index (κ2) is 7.43. The van der Waals surface area contributed by atoms with Crippen LogP contribution in [0, 0.1) is 0 Å². The molecular formula is C16H21NOS. The van der Waals surface area contributed by atoms with E-state index in [2.05, 4.69) is 41.9 Å². The number of benzene rings is 1. The van der Waals surface area contributed by atoms with Gasteiger partial charge in [0.2, 0.25) is 0 Å². The quantitative estimate of drug-likeness (QED) is 0.804. The molecule has 19 heavy (non-hydrogen) atoms. The van der Waals surface area contributed by atoms with E-state index < -0.39 is 0 Å². The standard InChI is InChI=1S/C16H21NOS/c1-2-4-15(16-5-3-10-19-16)17-11-13-6-8-14(12-18)9-7-13/h3,5-10,15,17-18H,2,4,11-12H2,1H3. The van der Waals surface area contributed by atoms with Crippen molar-refractivity contribution in [3.05, 3.63) is 57.8 Å². The fourth-order valence-corrected chi connectivity index (χ4v) is 2.96. The Bertz CT molecular complexity index is 464. The number of aliphatic hydroxyl groups is 1. The smallest absolute Gasteiger partial charge is 0.0681 e. The summed E-state index contributed by atoms with van der Waals surface area (Å²) in [5.41, 5.74) is 2.22. The summed E-state index contributed by atoms with van der Waals surface area (Å²) in [4.78, 5) is 1.41. The Balaban J connectivity index is 1.94. The topological polar surface area (TPSA) is 32.3 Å². The van der Waals surface area contributed by atoms with Crippen molar-refractivity contribution >= 4 is 11.3 Å². The Labute approximate surface area is 119 Å². The molecule has 0 spiro atoms. The molecule has 2 nitrogen and oxygen atoms in total. The minimum absolute atomic E-state index is 0.112. The van der Waals surface area contributed by atoms with Crippen LogP contribution in [0.25, 0.3) is 0 Å². The molecule has 0 amide bonds. The minimum atomic E-state index is 0.112. The van der Waals surface area contributed by atoms with E-state index >= 15 is 0 Å². The van der Waals surface area contributed by atoms with E-state index in [1.54, 1.807) is 0 Å². The third kappa shape index (κ3) is 4.16. The Morgan fingerprint density at radius 2 is 1.89 bits per heavy atom. The fourth-order valence-electron chi connectivity index (χ4n) is 2.13. The first-order valence-corrected chi connectivity index (χ1v) is 7.67. The molecule has 1 aromatic heterocycles. The predicted molar refractivity (Wildman–Crippen MR) is 81.2 cm³/mol. The predicted octanol–water partition coefficient (Wildman–Crippen LogP) is 3.87. The van der Waals surface area contributed by atoms with Crippen molar-refractivity contribution in [1.82, 2.24) is 5.32 Å². The summed E-state index contributed by atoms with van der Waals surface area (Å²) in [7, 11) is 0. The van der Waals surface area contributed by atoms with Crippen LogP contribution in [-0.4, -0.2) is 5.11 Å². The van der Waals surface area contributed by atoms with Crippen molar-refractivity contribution in [2.75, 3.05) is 0 Å². The molecular weight excluding hydrogens is 254 g/mol. The zero-order valence-corrected chi connectivity index (χ0v) is 12.1. The lowest BCUT2D eigenvalue weighted by Gasteiger charge is -2.17. The first-order chi connectivity index (χ1) is 9.33. The summed E-state index contributed by atoms with van der Waals surface area (Å²) >= 11 is 1.82. The van der Waals surface area contributed by atoms with E-state index in [0.29, 0.717) is 6.04 Å². The van der Waals surface area contributed by atoms with E-state index in [0.717, 1.165) is 18.5 Å². The highest BCUT2D eigenvalue weighted by Crippen LogP contribution is 2.23. The van der Waals surface area contributed by atoms with E-state index in [1.807, 2.05) is 23.5 Å². The van der Waals surface area contributed by atoms with Gasteiger partial charge in [-0.25, -0.2) is 0 Å². The number of hydrogen-bond acceptors (Lipinski definition) is 3. The van der Waals surface area contributed by atoms with Gasteiger partial charge in [-0.3, -0.25) is 0 Å². The highest BCUT2D eigenvalue weighted by atomic mass is 32.1. The van der Waals surface area contributed by atoms with Crippen LogP contribution in [0.4, 0.5) is 0 Å². The molecule has 0 fully saturated rings. The third-order valence-corrected chi connectivity index (χ3v) is 4.21. The number of nitrogens with one attached hydrogen (secondary N) is 1. The maximum Gasteiger partial charge on any atom is 0.0681 e. The Morgan fingerprint density at radius 3 is 2.47 bits per heavy atom. The largest absolute Gasteiger partial charge is 0.392 e. The van der Waals surface area contributed by atoms with Crippen LogP contribution in [0.3, 0.4) is 0 Å². The summed E-state index contributed by atoms with van der Waals surface area (Å²) in [5, 5.41) is 14.8. The monoisotopic (exact) mass is 275 g/mol. The molecule has 1 atom stereocenters. The van der Waals surface area contributed by atoms with Crippen LogP contribution in [0.5, 0.6) is 0 Å². The molecule has 0 bridgehead atoms. The van der Waals surface area contributed by atoms with Gasteiger partial charge in [-0.2, -0.15) is 0 Å². The fraction of sp³-hybridized carbons (Fsp3) is 0.375. The molecule has 3 heteroatoms. The lowest BCUT2D eigenvalue weighted by Crippen LogP contribution is -2.19. The summed E-state index contributed by atoms with van der Waals surface area (Å²) in [6.07, 6.45) is 2.34.